The van der Waals surface area contributed by atoms with E-state index < -0.39 is 0 Å². The summed E-state index contributed by atoms with van der Waals surface area (Å²) in [4.78, 5) is 24.7. The molecule has 0 aliphatic carbocycles. The summed E-state index contributed by atoms with van der Waals surface area (Å²) in [6, 6.07) is 13.6. The van der Waals surface area contributed by atoms with Gasteiger partial charge < -0.3 is 10.1 Å². The van der Waals surface area contributed by atoms with E-state index in [1.807, 2.05) is 41.8 Å². The van der Waals surface area contributed by atoms with Gasteiger partial charge in [-0.1, -0.05) is 35.5 Å². The van der Waals surface area contributed by atoms with Gasteiger partial charge in [0, 0.05) is 30.3 Å². The summed E-state index contributed by atoms with van der Waals surface area (Å²) >= 11 is 1.38. The Balaban J connectivity index is 1.51. The molecule has 0 fully saturated rings. The Labute approximate surface area is 191 Å². The molecule has 4 rings (SSSR count). The first-order valence-corrected chi connectivity index (χ1v) is 11.6. The van der Waals surface area contributed by atoms with E-state index in [-0.39, 0.29) is 17.4 Å². The second kappa shape index (κ2) is 10.1. The fraction of sp³-hybridized carbons (Fsp3) is 0.333. The number of benzene rings is 2. The zero-order chi connectivity index (χ0) is 22.5. The fourth-order valence-corrected chi connectivity index (χ4v) is 4.60. The Morgan fingerprint density at radius 1 is 1.19 bits per heavy atom. The first-order valence-electron chi connectivity index (χ1n) is 10.6. The standard InChI is InChI=1S/C24H26N4O3S/c1-16-5-3-7-19(13-16)23-26-27-24(28(23)11-12-31-2)32-15-21(29)18-9-10-20-17(14-18)6-4-8-22(30)25-20/h3,5,7,9-10,13-14H,4,6,8,11-12,15H2,1-2H3,(H,25,30). The number of nitrogens with one attached hydrogen (secondary N) is 1. The van der Waals surface area contributed by atoms with Gasteiger partial charge in [-0.15, -0.1) is 10.2 Å². The normalized spacial score (nSPS) is 13.4. The summed E-state index contributed by atoms with van der Waals surface area (Å²) in [6.45, 7) is 3.16. The second-order valence-corrected chi connectivity index (χ2v) is 8.75. The number of ketones is 1. The lowest BCUT2D eigenvalue weighted by atomic mass is 10.0. The fourth-order valence-electron chi connectivity index (χ4n) is 3.74. The largest absolute Gasteiger partial charge is 0.383 e. The van der Waals surface area contributed by atoms with Gasteiger partial charge in [0.1, 0.15) is 0 Å². The van der Waals surface area contributed by atoms with E-state index in [2.05, 4.69) is 21.6 Å². The van der Waals surface area contributed by atoms with Crippen LogP contribution in [0.5, 0.6) is 0 Å². The van der Waals surface area contributed by atoms with Crippen LogP contribution >= 0.6 is 11.8 Å². The molecule has 1 aromatic heterocycles. The summed E-state index contributed by atoms with van der Waals surface area (Å²) in [5.74, 6) is 1.07. The van der Waals surface area contributed by atoms with Crippen LogP contribution in [0.15, 0.2) is 47.6 Å². The smallest absolute Gasteiger partial charge is 0.224 e. The Morgan fingerprint density at radius 2 is 2.06 bits per heavy atom. The maximum Gasteiger partial charge on any atom is 0.224 e. The van der Waals surface area contributed by atoms with Gasteiger partial charge in [-0.05, 0) is 49.6 Å². The number of Topliss-reactive ketones (excluding diaryl/α,β-unsaturated/α-hetero) is 1. The van der Waals surface area contributed by atoms with Gasteiger partial charge in [0.2, 0.25) is 5.91 Å². The van der Waals surface area contributed by atoms with Crippen LogP contribution in [0.25, 0.3) is 11.4 Å². The third-order valence-electron chi connectivity index (χ3n) is 5.40. The molecule has 0 spiro atoms. The van der Waals surface area contributed by atoms with Gasteiger partial charge in [-0.3, -0.25) is 14.2 Å². The number of methoxy groups -OCH3 is 1. The maximum absolute atomic E-state index is 12.9. The predicted molar refractivity (Wildman–Crippen MR) is 125 cm³/mol. The second-order valence-electron chi connectivity index (χ2n) is 7.81. The number of amides is 1. The van der Waals surface area contributed by atoms with E-state index in [1.165, 1.54) is 11.8 Å². The van der Waals surface area contributed by atoms with Crippen LogP contribution < -0.4 is 5.32 Å². The summed E-state index contributed by atoms with van der Waals surface area (Å²) < 4.78 is 7.27. The van der Waals surface area contributed by atoms with Crippen molar-refractivity contribution in [1.82, 2.24) is 14.8 Å². The van der Waals surface area contributed by atoms with Crippen LogP contribution in [0, 0.1) is 6.92 Å². The van der Waals surface area contributed by atoms with Gasteiger partial charge in [0.15, 0.2) is 16.8 Å². The number of hydrogen-bond donors (Lipinski definition) is 1. The number of hydrogen-bond acceptors (Lipinski definition) is 6. The van der Waals surface area contributed by atoms with E-state index in [0.717, 1.165) is 41.0 Å². The van der Waals surface area contributed by atoms with Crippen molar-refractivity contribution in [1.29, 1.82) is 0 Å². The van der Waals surface area contributed by atoms with Crippen molar-refractivity contribution in [2.24, 2.45) is 0 Å². The van der Waals surface area contributed by atoms with Crippen molar-refractivity contribution in [3.8, 4) is 11.4 Å². The average molecular weight is 451 g/mol. The van der Waals surface area contributed by atoms with Crippen molar-refractivity contribution in [2.75, 3.05) is 24.8 Å². The van der Waals surface area contributed by atoms with Crippen LogP contribution in [-0.4, -0.2) is 45.9 Å². The molecule has 2 heterocycles. The number of fused-ring (bicyclic) bond motifs is 1. The first-order chi connectivity index (χ1) is 15.5. The monoisotopic (exact) mass is 450 g/mol. The minimum absolute atomic E-state index is 0.0202. The topological polar surface area (TPSA) is 86.1 Å². The van der Waals surface area contributed by atoms with Gasteiger partial charge in [0.25, 0.3) is 0 Å². The number of carbonyl (C=O) groups is 2. The molecule has 2 aromatic carbocycles. The Bertz CT molecular complexity index is 1140. The number of aryl methyl sites for hydroxylation is 2. The van der Waals surface area contributed by atoms with Crippen molar-refractivity contribution >= 4 is 29.1 Å². The van der Waals surface area contributed by atoms with Crippen molar-refractivity contribution in [3.63, 3.8) is 0 Å². The van der Waals surface area contributed by atoms with Crippen LogP contribution in [0.4, 0.5) is 5.69 Å². The molecule has 166 valence electrons. The van der Waals surface area contributed by atoms with Crippen LogP contribution in [-0.2, 0) is 22.5 Å². The first kappa shape index (κ1) is 22.2. The predicted octanol–water partition coefficient (Wildman–Crippen LogP) is 4.15. The van der Waals surface area contributed by atoms with Crippen molar-refractivity contribution in [2.45, 2.75) is 37.9 Å². The maximum atomic E-state index is 12.9. The lowest BCUT2D eigenvalue weighted by Crippen LogP contribution is -2.10. The molecule has 0 atom stereocenters. The molecule has 0 saturated heterocycles. The number of ether oxygens (including phenoxy) is 1. The number of thioether (sulfide) groups is 1. The number of nitrogens with zero attached hydrogens (tertiary/aromatic N) is 3. The highest BCUT2D eigenvalue weighted by molar-refractivity contribution is 7.99. The molecule has 3 aromatic rings. The summed E-state index contributed by atoms with van der Waals surface area (Å²) in [6.07, 6.45) is 2.08. The summed E-state index contributed by atoms with van der Waals surface area (Å²) in [7, 11) is 1.66. The number of rotatable bonds is 8. The quantitative estimate of drug-likeness (QED) is 0.410. The molecule has 0 radical (unpaired) electrons. The SMILES string of the molecule is COCCn1c(SCC(=O)c2ccc3c(c2)CCCC(=O)N3)nnc1-c1cccc(C)c1. The van der Waals surface area contributed by atoms with E-state index in [9.17, 15) is 9.59 Å². The molecular formula is C24H26N4O3S. The molecule has 1 N–H and O–H groups in total. The van der Waals surface area contributed by atoms with E-state index in [1.54, 1.807) is 13.2 Å². The molecule has 1 aliphatic heterocycles. The number of aromatic nitrogens is 3. The zero-order valence-electron chi connectivity index (χ0n) is 18.3. The van der Waals surface area contributed by atoms with Crippen LogP contribution in [0.2, 0.25) is 0 Å². The van der Waals surface area contributed by atoms with Crippen LogP contribution in [0.3, 0.4) is 0 Å². The van der Waals surface area contributed by atoms with E-state index in [0.29, 0.717) is 30.3 Å². The highest BCUT2D eigenvalue weighted by Gasteiger charge is 2.18. The number of anilines is 1. The van der Waals surface area contributed by atoms with E-state index in [4.69, 9.17) is 4.74 Å². The molecule has 0 unspecified atom stereocenters. The number of carbonyl (C=O) groups excluding carboxylic acids is 2. The molecule has 8 heteroatoms. The molecule has 7 nitrogen and oxygen atoms in total. The van der Waals surface area contributed by atoms with Crippen LogP contribution in [0.1, 0.15) is 34.3 Å². The van der Waals surface area contributed by atoms with Gasteiger partial charge in [-0.25, -0.2) is 0 Å². The molecule has 32 heavy (non-hydrogen) atoms. The highest BCUT2D eigenvalue weighted by atomic mass is 32.2. The van der Waals surface area contributed by atoms with Gasteiger partial charge >= 0.3 is 0 Å². The van der Waals surface area contributed by atoms with Gasteiger partial charge in [-0.2, -0.15) is 0 Å². The summed E-state index contributed by atoms with van der Waals surface area (Å²) in [5, 5.41) is 12.3. The molecule has 1 amide bonds. The molecule has 1 aliphatic rings. The third kappa shape index (κ3) is 5.08. The third-order valence-corrected chi connectivity index (χ3v) is 6.36. The molecular weight excluding hydrogens is 424 g/mol. The zero-order valence-corrected chi connectivity index (χ0v) is 19.1. The Hall–Kier alpha value is -2.97. The summed E-state index contributed by atoms with van der Waals surface area (Å²) in [5.41, 5.74) is 4.59. The molecule has 0 saturated carbocycles. The van der Waals surface area contributed by atoms with E-state index >= 15 is 0 Å². The van der Waals surface area contributed by atoms with Gasteiger partial charge in [0.05, 0.1) is 18.9 Å². The Kier molecular flexibility index (Phi) is 7.02. The minimum Gasteiger partial charge on any atom is -0.383 e. The average Bonchev–Trinajstić information content (AvgIpc) is 3.09. The lowest BCUT2D eigenvalue weighted by Gasteiger charge is -2.11. The Morgan fingerprint density at radius 3 is 2.88 bits per heavy atom. The highest BCUT2D eigenvalue weighted by Crippen LogP contribution is 2.27. The van der Waals surface area contributed by atoms with Crippen molar-refractivity contribution in [3.05, 3.63) is 59.2 Å². The van der Waals surface area contributed by atoms with Crippen molar-refractivity contribution < 1.29 is 14.3 Å². The lowest BCUT2D eigenvalue weighted by molar-refractivity contribution is -0.116. The molecule has 0 bridgehead atoms. The minimum atomic E-state index is 0.0202.